The molecule has 1 aliphatic rings. The summed E-state index contributed by atoms with van der Waals surface area (Å²) < 4.78 is 0. The number of aromatic nitrogens is 3. The number of benzene rings is 1. The van der Waals surface area contributed by atoms with Gasteiger partial charge in [-0.15, -0.1) is 0 Å². The summed E-state index contributed by atoms with van der Waals surface area (Å²) in [6.07, 6.45) is 1.70. The van der Waals surface area contributed by atoms with Crippen molar-refractivity contribution >= 4 is 22.8 Å². The van der Waals surface area contributed by atoms with Gasteiger partial charge in [-0.1, -0.05) is 24.0 Å². The van der Waals surface area contributed by atoms with Gasteiger partial charge in [0.1, 0.15) is 11.8 Å². The number of likely N-dealkylation sites (N-methyl/N-ethyl adjacent to an activating group) is 1. The van der Waals surface area contributed by atoms with E-state index in [1.54, 1.807) is 7.05 Å². The Labute approximate surface area is 162 Å². The maximum absolute atomic E-state index is 12.2. The lowest BCUT2D eigenvalue weighted by Crippen LogP contribution is -2.37. The molecule has 0 aliphatic carbocycles. The molecular formula is C21H19N5O2. The van der Waals surface area contributed by atoms with Crippen LogP contribution in [-0.2, 0) is 4.79 Å². The Morgan fingerprint density at radius 2 is 2.11 bits per heavy atom. The van der Waals surface area contributed by atoms with Crippen LogP contribution in [0.3, 0.4) is 0 Å². The van der Waals surface area contributed by atoms with Crippen molar-refractivity contribution in [3.63, 3.8) is 0 Å². The average Bonchev–Trinajstić information content (AvgIpc) is 2.90. The zero-order valence-electron chi connectivity index (χ0n) is 15.5. The van der Waals surface area contributed by atoms with Crippen molar-refractivity contribution < 1.29 is 9.90 Å². The molecule has 28 heavy (non-hydrogen) atoms. The van der Waals surface area contributed by atoms with Crippen molar-refractivity contribution in [2.75, 3.05) is 12.8 Å². The molecule has 1 saturated heterocycles. The van der Waals surface area contributed by atoms with Gasteiger partial charge in [0, 0.05) is 30.6 Å². The number of amides is 1. The highest BCUT2D eigenvalue weighted by Crippen LogP contribution is 2.27. The van der Waals surface area contributed by atoms with Crippen LogP contribution in [0, 0.1) is 11.8 Å². The van der Waals surface area contributed by atoms with Crippen LogP contribution in [0.25, 0.3) is 22.3 Å². The minimum Gasteiger partial charge on any atom is -0.382 e. The van der Waals surface area contributed by atoms with E-state index in [1.807, 2.05) is 43.3 Å². The van der Waals surface area contributed by atoms with Crippen molar-refractivity contribution in [1.82, 2.24) is 19.9 Å². The monoisotopic (exact) mass is 373 g/mol. The predicted molar refractivity (Wildman–Crippen MR) is 106 cm³/mol. The van der Waals surface area contributed by atoms with E-state index in [0.717, 1.165) is 5.56 Å². The van der Waals surface area contributed by atoms with Gasteiger partial charge >= 0.3 is 0 Å². The largest absolute Gasteiger partial charge is 0.382 e. The number of nitrogen functional groups attached to an aromatic ring is 1. The summed E-state index contributed by atoms with van der Waals surface area (Å²) in [5.74, 6) is 5.65. The number of hydrogen-bond acceptors (Lipinski definition) is 6. The topological polar surface area (TPSA) is 105 Å². The SMILES string of the molecule is C[C@H]1C[C@@](O)(C#Cc2cccc(-c3ccc4ncnc(N)c4n3)c2)C(=O)N1C. The number of nitrogens with two attached hydrogens (primary N) is 1. The zero-order valence-corrected chi connectivity index (χ0v) is 15.5. The highest BCUT2D eigenvalue weighted by atomic mass is 16.3. The van der Waals surface area contributed by atoms with Crippen molar-refractivity contribution in [2.45, 2.75) is 25.0 Å². The lowest BCUT2D eigenvalue weighted by molar-refractivity contribution is -0.138. The van der Waals surface area contributed by atoms with Crippen molar-refractivity contribution in [2.24, 2.45) is 0 Å². The summed E-state index contributed by atoms with van der Waals surface area (Å²) in [6, 6.07) is 11.1. The van der Waals surface area contributed by atoms with Crippen LogP contribution < -0.4 is 5.73 Å². The zero-order chi connectivity index (χ0) is 19.9. The van der Waals surface area contributed by atoms with E-state index >= 15 is 0 Å². The van der Waals surface area contributed by atoms with Crippen LogP contribution in [0.2, 0.25) is 0 Å². The van der Waals surface area contributed by atoms with Gasteiger partial charge in [-0.25, -0.2) is 15.0 Å². The van der Waals surface area contributed by atoms with Crippen LogP contribution in [0.1, 0.15) is 18.9 Å². The van der Waals surface area contributed by atoms with Crippen LogP contribution in [-0.4, -0.2) is 49.6 Å². The van der Waals surface area contributed by atoms with Crippen LogP contribution in [0.5, 0.6) is 0 Å². The third-order valence-electron chi connectivity index (χ3n) is 5.01. The minimum absolute atomic E-state index is 0.0485. The molecule has 1 aliphatic heterocycles. The maximum atomic E-state index is 12.2. The molecule has 4 rings (SSSR count). The molecule has 0 unspecified atom stereocenters. The number of fused-ring (bicyclic) bond motifs is 1. The summed E-state index contributed by atoms with van der Waals surface area (Å²) in [6.45, 7) is 1.89. The van der Waals surface area contributed by atoms with Gasteiger partial charge in [0.15, 0.2) is 5.82 Å². The van der Waals surface area contributed by atoms with Crippen molar-refractivity contribution in [1.29, 1.82) is 0 Å². The van der Waals surface area contributed by atoms with Crippen LogP contribution in [0.15, 0.2) is 42.7 Å². The van der Waals surface area contributed by atoms with E-state index in [2.05, 4.69) is 26.8 Å². The van der Waals surface area contributed by atoms with E-state index in [9.17, 15) is 9.90 Å². The second-order valence-corrected chi connectivity index (χ2v) is 6.98. The number of carbonyl (C=O) groups is 1. The maximum Gasteiger partial charge on any atom is 0.267 e. The molecular weight excluding hydrogens is 354 g/mol. The summed E-state index contributed by atoms with van der Waals surface area (Å²) in [5.41, 5.74) is 7.70. The standard InChI is InChI=1S/C21H19N5O2/c1-13-11-21(28,20(27)26(13)2)9-8-14-4-3-5-15(10-14)16-6-7-17-18(25-16)19(22)24-12-23-17/h3-7,10,12-13,28H,11H2,1-2H3,(H2,22,23,24)/t13-,21-/m0/s1. The molecule has 7 heteroatoms. The Kier molecular flexibility index (Phi) is 4.21. The van der Waals surface area contributed by atoms with E-state index in [-0.39, 0.29) is 11.9 Å². The third kappa shape index (κ3) is 3.04. The van der Waals surface area contributed by atoms with Gasteiger partial charge in [-0.2, -0.15) is 0 Å². The van der Waals surface area contributed by atoms with E-state index in [0.29, 0.717) is 34.5 Å². The second kappa shape index (κ2) is 6.59. The molecule has 3 N–H and O–H groups in total. The molecule has 0 bridgehead atoms. The van der Waals surface area contributed by atoms with E-state index in [4.69, 9.17) is 5.73 Å². The smallest absolute Gasteiger partial charge is 0.267 e. The van der Waals surface area contributed by atoms with Gasteiger partial charge in [0.05, 0.1) is 11.2 Å². The Morgan fingerprint density at radius 1 is 1.29 bits per heavy atom. The second-order valence-electron chi connectivity index (χ2n) is 6.98. The number of aliphatic hydroxyl groups is 1. The molecule has 1 amide bonds. The fraction of sp³-hybridized carbons (Fsp3) is 0.238. The number of likely N-dealkylation sites (tertiary alicyclic amines) is 1. The van der Waals surface area contributed by atoms with E-state index < -0.39 is 5.60 Å². The Morgan fingerprint density at radius 3 is 2.86 bits per heavy atom. The lowest BCUT2D eigenvalue weighted by atomic mass is 10.00. The summed E-state index contributed by atoms with van der Waals surface area (Å²) in [4.78, 5) is 26.5. The molecule has 1 aromatic carbocycles. The highest BCUT2D eigenvalue weighted by molar-refractivity contribution is 5.91. The first-order valence-corrected chi connectivity index (χ1v) is 8.88. The molecule has 3 aromatic rings. The van der Waals surface area contributed by atoms with Crippen molar-refractivity contribution in [3.05, 3.63) is 48.3 Å². The normalized spacial score (nSPS) is 21.6. The summed E-state index contributed by atoms with van der Waals surface area (Å²) >= 11 is 0. The molecule has 0 radical (unpaired) electrons. The fourth-order valence-corrected chi connectivity index (χ4v) is 3.30. The van der Waals surface area contributed by atoms with Gasteiger partial charge < -0.3 is 15.7 Å². The molecule has 3 heterocycles. The van der Waals surface area contributed by atoms with Crippen LogP contribution in [0.4, 0.5) is 5.82 Å². The van der Waals surface area contributed by atoms with Crippen molar-refractivity contribution in [3.8, 4) is 23.1 Å². The minimum atomic E-state index is -1.64. The number of anilines is 1. The number of pyridine rings is 1. The first-order chi connectivity index (χ1) is 13.4. The van der Waals surface area contributed by atoms with Gasteiger partial charge in [0.2, 0.25) is 5.60 Å². The summed E-state index contributed by atoms with van der Waals surface area (Å²) in [5, 5.41) is 10.6. The Bertz CT molecular complexity index is 1150. The van der Waals surface area contributed by atoms with Gasteiger partial charge in [-0.05, 0) is 31.2 Å². The fourth-order valence-electron chi connectivity index (χ4n) is 3.30. The first-order valence-electron chi connectivity index (χ1n) is 8.88. The average molecular weight is 373 g/mol. The molecule has 2 aromatic heterocycles. The third-order valence-corrected chi connectivity index (χ3v) is 5.01. The lowest BCUT2D eigenvalue weighted by Gasteiger charge is -2.14. The Balaban J connectivity index is 1.68. The first kappa shape index (κ1) is 17.9. The highest BCUT2D eigenvalue weighted by Gasteiger charge is 2.46. The Hall–Kier alpha value is -3.50. The number of carbonyl (C=O) groups excluding carboxylic acids is 1. The quantitative estimate of drug-likeness (QED) is 0.628. The van der Waals surface area contributed by atoms with Gasteiger partial charge in [-0.3, -0.25) is 4.79 Å². The number of hydrogen-bond donors (Lipinski definition) is 2. The molecule has 140 valence electrons. The number of nitrogens with zero attached hydrogens (tertiary/aromatic N) is 4. The molecule has 0 saturated carbocycles. The van der Waals surface area contributed by atoms with E-state index in [1.165, 1.54) is 11.2 Å². The number of rotatable bonds is 1. The molecule has 7 nitrogen and oxygen atoms in total. The van der Waals surface area contributed by atoms with Gasteiger partial charge in [0.25, 0.3) is 5.91 Å². The predicted octanol–water partition coefficient (Wildman–Crippen LogP) is 1.61. The molecule has 2 atom stereocenters. The summed E-state index contributed by atoms with van der Waals surface area (Å²) in [7, 11) is 1.67. The molecule has 1 fully saturated rings. The molecule has 0 spiro atoms. The van der Waals surface area contributed by atoms with Crippen LogP contribution >= 0.6 is 0 Å².